The number of carbonyl (C=O) groups is 1. The third-order valence-electron chi connectivity index (χ3n) is 3.78. The van der Waals surface area contributed by atoms with Crippen molar-refractivity contribution in [3.05, 3.63) is 64.8 Å². The number of hydrogen-bond donors (Lipinski definition) is 1. The first kappa shape index (κ1) is 20.0. The Morgan fingerprint density at radius 2 is 2.04 bits per heavy atom. The van der Waals surface area contributed by atoms with E-state index in [1.807, 2.05) is 0 Å². The summed E-state index contributed by atoms with van der Waals surface area (Å²) < 4.78 is 41.7. The third kappa shape index (κ3) is 4.93. The molecule has 1 heterocycles. The molecule has 0 spiro atoms. The molecule has 0 saturated carbocycles. The summed E-state index contributed by atoms with van der Waals surface area (Å²) >= 11 is 1.19. The number of methoxy groups -OCH3 is 1. The minimum absolute atomic E-state index is 0.144. The maximum absolute atomic E-state index is 13.6. The lowest BCUT2D eigenvalue weighted by molar-refractivity contribution is 0.102. The zero-order valence-electron chi connectivity index (χ0n) is 15.1. The van der Waals surface area contributed by atoms with Crippen molar-refractivity contribution in [2.45, 2.75) is 5.75 Å². The van der Waals surface area contributed by atoms with Crippen LogP contribution in [-0.4, -0.2) is 32.7 Å². The molecule has 0 bridgehead atoms. The van der Waals surface area contributed by atoms with Crippen molar-refractivity contribution < 1.29 is 22.3 Å². The normalized spacial score (nSPS) is 11.2. The molecular formula is C19H17FN2O4S2. The summed E-state index contributed by atoms with van der Waals surface area (Å²) in [5.74, 6) is -0.507. The molecule has 0 unspecified atom stereocenters. The van der Waals surface area contributed by atoms with Crippen molar-refractivity contribution in [1.29, 1.82) is 0 Å². The van der Waals surface area contributed by atoms with Gasteiger partial charge in [0.25, 0.3) is 5.91 Å². The minimum Gasteiger partial charge on any atom is -0.496 e. The molecule has 0 fully saturated rings. The number of nitrogens with one attached hydrogen (secondary N) is 1. The number of rotatable bonds is 6. The fraction of sp³-hybridized carbons (Fsp3) is 0.158. The number of halogens is 1. The maximum atomic E-state index is 13.6. The number of hydrogen-bond acceptors (Lipinski definition) is 6. The molecule has 1 N–H and O–H groups in total. The van der Waals surface area contributed by atoms with Gasteiger partial charge in [-0.1, -0.05) is 12.1 Å². The number of amides is 1. The van der Waals surface area contributed by atoms with Crippen LogP contribution >= 0.6 is 11.3 Å². The molecule has 146 valence electrons. The predicted octanol–water partition coefficient (Wildman–Crippen LogP) is 3.75. The van der Waals surface area contributed by atoms with Gasteiger partial charge in [0.2, 0.25) is 0 Å². The third-order valence-corrected chi connectivity index (χ3v) is 5.40. The zero-order chi connectivity index (χ0) is 20.3. The van der Waals surface area contributed by atoms with Crippen LogP contribution in [0.2, 0.25) is 0 Å². The predicted molar refractivity (Wildman–Crippen MR) is 107 cm³/mol. The summed E-state index contributed by atoms with van der Waals surface area (Å²) in [7, 11) is -1.72. The molecule has 0 radical (unpaired) electrons. The monoisotopic (exact) mass is 420 g/mol. The van der Waals surface area contributed by atoms with E-state index in [2.05, 4.69) is 10.3 Å². The number of aromatic nitrogens is 1. The molecule has 6 nitrogen and oxygen atoms in total. The highest BCUT2D eigenvalue weighted by molar-refractivity contribution is 7.89. The molecule has 28 heavy (non-hydrogen) atoms. The largest absolute Gasteiger partial charge is 0.496 e. The van der Waals surface area contributed by atoms with Gasteiger partial charge in [-0.3, -0.25) is 10.1 Å². The van der Waals surface area contributed by atoms with Gasteiger partial charge in [0.1, 0.15) is 11.6 Å². The van der Waals surface area contributed by atoms with E-state index in [9.17, 15) is 17.6 Å². The Hall–Kier alpha value is -2.78. The number of thiazole rings is 1. The molecule has 1 aromatic heterocycles. The molecule has 0 aliphatic carbocycles. The van der Waals surface area contributed by atoms with Gasteiger partial charge in [-0.2, -0.15) is 0 Å². The van der Waals surface area contributed by atoms with Gasteiger partial charge in [-0.05, 0) is 35.9 Å². The van der Waals surface area contributed by atoms with Crippen molar-refractivity contribution in [2.24, 2.45) is 0 Å². The van der Waals surface area contributed by atoms with Crippen LogP contribution in [0.4, 0.5) is 9.52 Å². The molecule has 1 amide bonds. The average Bonchev–Trinajstić information content (AvgIpc) is 3.08. The van der Waals surface area contributed by atoms with E-state index >= 15 is 0 Å². The van der Waals surface area contributed by atoms with Gasteiger partial charge in [-0.25, -0.2) is 17.8 Å². The molecule has 0 saturated heterocycles. The molecule has 9 heteroatoms. The summed E-state index contributed by atoms with van der Waals surface area (Å²) in [6, 6.07) is 10.5. The van der Waals surface area contributed by atoms with E-state index in [-0.39, 0.29) is 5.75 Å². The first-order valence-electron chi connectivity index (χ1n) is 8.12. The number of anilines is 1. The van der Waals surface area contributed by atoms with E-state index in [4.69, 9.17) is 4.74 Å². The Morgan fingerprint density at radius 1 is 1.25 bits per heavy atom. The van der Waals surface area contributed by atoms with Crippen LogP contribution in [0.15, 0.2) is 47.8 Å². The van der Waals surface area contributed by atoms with Crippen LogP contribution in [0.3, 0.4) is 0 Å². The van der Waals surface area contributed by atoms with E-state index < -0.39 is 21.6 Å². The topological polar surface area (TPSA) is 85.4 Å². The summed E-state index contributed by atoms with van der Waals surface area (Å²) in [5, 5.41) is 4.70. The SMILES string of the molecule is COc1ccc(F)cc1-c1csc(NC(=O)c2cccc(CS(C)(=O)=O)c2)n1. The number of ether oxygens (including phenoxy) is 1. The van der Waals surface area contributed by atoms with Gasteiger partial charge in [0, 0.05) is 22.8 Å². The van der Waals surface area contributed by atoms with E-state index in [1.54, 1.807) is 23.6 Å². The Morgan fingerprint density at radius 3 is 2.75 bits per heavy atom. The highest BCUT2D eigenvalue weighted by atomic mass is 32.2. The lowest BCUT2D eigenvalue weighted by Crippen LogP contribution is -2.12. The molecule has 2 aromatic carbocycles. The maximum Gasteiger partial charge on any atom is 0.257 e. The average molecular weight is 420 g/mol. The standard InChI is InChI=1S/C19H17FN2O4S2/c1-26-17-7-6-14(20)9-15(17)16-10-27-19(21-16)22-18(23)13-5-3-4-12(8-13)11-28(2,24)25/h3-10H,11H2,1-2H3,(H,21,22,23). The van der Waals surface area contributed by atoms with Gasteiger partial charge in [-0.15, -0.1) is 11.3 Å². The molecule has 3 rings (SSSR count). The summed E-state index contributed by atoms with van der Waals surface area (Å²) in [5.41, 5.74) is 1.80. The van der Waals surface area contributed by atoms with Gasteiger partial charge >= 0.3 is 0 Å². The second-order valence-electron chi connectivity index (χ2n) is 6.11. The Labute approximate surface area is 165 Å². The Balaban J connectivity index is 1.80. The first-order chi connectivity index (χ1) is 13.2. The van der Waals surface area contributed by atoms with Crippen LogP contribution in [-0.2, 0) is 15.6 Å². The second kappa shape index (κ2) is 8.07. The van der Waals surface area contributed by atoms with Crippen molar-refractivity contribution in [1.82, 2.24) is 4.98 Å². The van der Waals surface area contributed by atoms with Crippen LogP contribution in [0.5, 0.6) is 5.75 Å². The lowest BCUT2D eigenvalue weighted by atomic mass is 10.1. The van der Waals surface area contributed by atoms with Crippen LogP contribution < -0.4 is 10.1 Å². The molecule has 3 aromatic rings. The highest BCUT2D eigenvalue weighted by Gasteiger charge is 2.14. The summed E-state index contributed by atoms with van der Waals surface area (Å²) in [4.78, 5) is 16.8. The second-order valence-corrected chi connectivity index (χ2v) is 9.11. The first-order valence-corrected chi connectivity index (χ1v) is 11.1. The molecule has 0 atom stereocenters. The van der Waals surface area contributed by atoms with Crippen molar-refractivity contribution in [3.8, 4) is 17.0 Å². The van der Waals surface area contributed by atoms with Gasteiger partial charge in [0.15, 0.2) is 15.0 Å². The zero-order valence-corrected chi connectivity index (χ0v) is 16.7. The smallest absolute Gasteiger partial charge is 0.257 e. The van der Waals surface area contributed by atoms with Crippen LogP contribution in [0.1, 0.15) is 15.9 Å². The molecule has 0 aliphatic heterocycles. The Kier molecular flexibility index (Phi) is 5.76. The van der Waals surface area contributed by atoms with E-state index in [0.29, 0.717) is 33.3 Å². The van der Waals surface area contributed by atoms with Crippen molar-refractivity contribution in [2.75, 3.05) is 18.7 Å². The number of sulfone groups is 1. The fourth-order valence-corrected chi connectivity index (χ4v) is 4.10. The molecule has 0 aliphatic rings. The van der Waals surface area contributed by atoms with Crippen molar-refractivity contribution >= 4 is 32.2 Å². The quantitative estimate of drug-likeness (QED) is 0.656. The summed E-state index contributed by atoms with van der Waals surface area (Å²) in [6.07, 6.45) is 1.14. The molecular weight excluding hydrogens is 403 g/mol. The Bertz CT molecular complexity index is 1130. The van der Waals surface area contributed by atoms with Gasteiger partial charge < -0.3 is 4.74 Å². The van der Waals surface area contributed by atoms with E-state index in [0.717, 1.165) is 6.26 Å². The number of benzene rings is 2. The minimum atomic E-state index is -3.20. The van der Waals surface area contributed by atoms with E-state index in [1.165, 1.54) is 42.7 Å². The fourth-order valence-electron chi connectivity index (χ4n) is 2.61. The highest BCUT2D eigenvalue weighted by Crippen LogP contribution is 2.32. The number of nitrogens with zero attached hydrogens (tertiary/aromatic N) is 1. The van der Waals surface area contributed by atoms with Crippen molar-refractivity contribution in [3.63, 3.8) is 0 Å². The van der Waals surface area contributed by atoms with Crippen LogP contribution in [0.25, 0.3) is 11.3 Å². The number of carbonyl (C=O) groups excluding carboxylic acids is 1. The summed E-state index contributed by atoms with van der Waals surface area (Å²) in [6.45, 7) is 0. The van der Waals surface area contributed by atoms with Crippen LogP contribution in [0, 0.1) is 5.82 Å². The van der Waals surface area contributed by atoms with Gasteiger partial charge in [0.05, 0.1) is 18.6 Å². The lowest BCUT2D eigenvalue weighted by Gasteiger charge is -2.06.